The summed E-state index contributed by atoms with van der Waals surface area (Å²) in [4.78, 5) is 41.9. The zero-order chi connectivity index (χ0) is 32.3. The lowest BCUT2D eigenvalue weighted by atomic mass is 9.95. The SMILES string of the molecule is C=CCC[C@H](Cc1ccccc1)C(=O)OC[C@@H](Cc1ccccc1)NC(=O)[C@H](CC=C)CC(=O)N(CCO)Cc1ccccc1. The van der Waals surface area contributed by atoms with Crippen molar-refractivity contribution in [3.8, 4) is 0 Å². The molecule has 0 aliphatic heterocycles. The van der Waals surface area contributed by atoms with E-state index in [1.807, 2.05) is 91.0 Å². The predicted octanol–water partition coefficient (Wildman–Crippen LogP) is 5.69. The van der Waals surface area contributed by atoms with Crippen molar-refractivity contribution in [3.05, 3.63) is 133 Å². The molecule has 0 aliphatic carbocycles. The highest BCUT2D eigenvalue weighted by Gasteiger charge is 2.27. The zero-order valence-electron chi connectivity index (χ0n) is 26.1. The summed E-state index contributed by atoms with van der Waals surface area (Å²) in [7, 11) is 0. The maximum Gasteiger partial charge on any atom is 0.309 e. The van der Waals surface area contributed by atoms with Crippen molar-refractivity contribution in [1.82, 2.24) is 10.2 Å². The highest BCUT2D eigenvalue weighted by Crippen LogP contribution is 2.18. The first-order valence-corrected chi connectivity index (χ1v) is 15.6. The van der Waals surface area contributed by atoms with Crippen LogP contribution in [0, 0.1) is 11.8 Å². The van der Waals surface area contributed by atoms with Crippen LogP contribution in [0.25, 0.3) is 0 Å². The Bertz CT molecular complexity index is 1330. The van der Waals surface area contributed by atoms with Crippen molar-refractivity contribution in [2.75, 3.05) is 19.8 Å². The lowest BCUT2D eigenvalue weighted by molar-refractivity contribution is -0.150. The van der Waals surface area contributed by atoms with Crippen LogP contribution < -0.4 is 5.32 Å². The van der Waals surface area contributed by atoms with Gasteiger partial charge in [0.15, 0.2) is 0 Å². The molecule has 3 aromatic carbocycles. The van der Waals surface area contributed by atoms with Gasteiger partial charge < -0.3 is 20.1 Å². The molecule has 238 valence electrons. The van der Waals surface area contributed by atoms with E-state index >= 15 is 0 Å². The first-order chi connectivity index (χ1) is 21.9. The molecule has 45 heavy (non-hydrogen) atoms. The molecule has 0 saturated carbocycles. The van der Waals surface area contributed by atoms with Gasteiger partial charge in [0.1, 0.15) is 6.61 Å². The number of aliphatic hydroxyl groups is 1. The van der Waals surface area contributed by atoms with Gasteiger partial charge in [-0.15, -0.1) is 13.2 Å². The largest absolute Gasteiger partial charge is 0.463 e. The van der Waals surface area contributed by atoms with Crippen LogP contribution in [0.1, 0.15) is 42.4 Å². The number of aliphatic hydroxyl groups excluding tert-OH is 1. The van der Waals surface area contributed by atoms with Crippen LogP contribution in [0.4, 0.5) is 0 Å². The van der Waals surface area contributed by atoms with E-state index in [0.717, 1.165) is 16.7 Å². The van der Waals surface area contributed by atoms with E-state index in [-0.39, 0.29) is 49.9 Å². The van der Waals surface area contributed by atoms with Gasteiger partial charge in [-0.1, -0.05) is 103 Å². The molecule has 0 aromatic heterocycles. The number of rotatable bonds is 20. The Morgan fingerprint density at radius 1 is 0.800 bits per heavy atom. The van der Waals surface area contributed by atoms with Gasteiger partial charge in [-0.05, 0) is 48.8 Å². The number of hydrogen-bond acceptors (Lipinski definition) is 5. The van der Waals surface area contributed by atoms with Gasteiger partial charge in [-0.2, -0.15) is 0 Å². The van der Waals surface area contributed by atoms with Gasteiger partial charge in [0.2, 0.25) is 11.8 Å². The normalized spacial score (nSPS) is 12.7. The second-order valence-corrected chi connectivity index (χ2v) is 11.2. The van der Waals surface area contributed by atoms with Crippen LogP contribution in [0.2, 0.25) is 0 Å². The third-order valence-electron chi connectivity index (χ3n) is 7.66. The first-order valence-electron chi connectivity index (χ1n) is 15.6. The summed E-state index contributed by atoms with van der Waals surface area (Å²) in [6.45, 7) is 7.92. The molecule has 0 radical (unpaired) electrons. The second-order valence-electron chi connectivity index (χ2n) is 11.2. The van der Waals surface area contributed by atoms with Gasteiger partial charge in [-0.3, -0.25) is 14.4 Å². The van der Waals surface area contributed by atoms with E-state index in [4.69, 9.17) is 4.74 Å². The maximum atomic E-state index is 13.6. The van der Waals surface area contributed by atoms with Crippen LogP contribution in [0.5, 0.6) is 0 Å². The van der Waals surface area contributed by atoms with Crippen LogP contribution in [0.3, 0.4) is 0 Å². The minimum Gasteiger partial charge on any atom is -0.463 e. The Morgan fingerprint density at radius 2 is 1.38 bits per heavy atom. The summed E-state index contributed by atoms with van der Waals surface area (Å²) in [5.41, 5.74) is 2.98. The maximum absolute atomic E-state index is 13.6. The van der Waals surface area contributed by atoms with Crippen molar-refractivity contribution in [3.63, 3.8) is 0 Å². The van der Waals surface area contributed by atoms with E-state index in [0.29, 0.717) is 38.6 Å². The number of benzene rings is 3. The molecule has 3 rings (SSSR count). The smallest absolute Gasteiger partial charge is 0.309 e. The van der Waals surface area contributed by atoms with Gasteiger partial charge >= 0.3 is 5.97 Å². The number of allylic oxidation sites excluding steroid dienone is 2. The number of esters is 1. The first kappa shape index (κ1) is 35.0. The minimum absolute atomic E-state index is 0.00174. The molecular weight excluding hydrogens is 564 g/mol. The van der Waals surface area contributed by atoms with Crippen molar-refractivity contribution < 1.29 is 24.2 Å². The molecule has 2 N–H and O–H groups in total. The predicted molar refractivity (Wildman–Crippen MR) is 178 cm³/mol. The molecular formula is C38H46N2O5. The van der Waals surface area contributed by atoms with Crippen LogP contribution in [-0.4, -0.2) is 53.6 Å². The summed E-state index contributed by atoms with van der Waals surface area (Å²) in [5, 5.41) is 12.7. The molecule has 7 nitrogen and oxygen atoms in total. The Balaban J connectivity index is 1.71. The van der Waals surface area contributed by atoms with E-state index in [2.05, 4.69) is 18.5 Å². The highest BCUT2D eigenvalue weighted by atomic mass is 16.5. The van der Waals surface area contributed by atoms with E-state index in [9.17, 15) is 19.5 Å². The fraction of sp³-hybridized carbons (Fsp3) is 0.342. The standard InChI is InChI=1S/C38H46N2O5/c1-3-5-22-34(25-30-16-9-6-10-17-30)38(44)45-29-35(26-31-18-11-7-12-19-31)39-37(43)33(15-4-2)27-36(42)40(23-24-41)28-32-20-13-8-14-21-32/h3-4,6-14,16-21,33-35,41H,1-2,5,15,22-29H2,(H,39,43)/t33-,34-,35-/m1/s1. The monoisotopic (exact) mass is 610 g/mol. The summed E-state index contributed by atoms with van der Waals surface area (Å²) < 4.78 is 5.86. The molecule has 3 atom stereocenters. The lowest BCUT2D eigenvalue weighted by Crippen LogP contribution is -2.45. The Labute approximate surface area is 267 Å². The summed E-state index contributed by atoms with van der Waals surface area (Å²) in [6, 6.07) is 28.6. The van der Waals surface area contributed by atoms with Crippen molar-refractivity contribution in [2.45, 2.75) is 51.1 Å². The fourth-order valence-electron chi connectivity index (χ4n) is 5.23. The summed E-state index contributed by atoms with van der Waals surface area (Å²) in [5.74, 6) is -1.86. The fourth-order valence-corrected chi connectivity index (χ4v) is 5.23. The number of ether oxygens (including phenoxy) is 1. The molecule has 0 fully saturated rings. The molecule has 3 aromatic rings. The minimum atomic E-state index is -0.667. The molecule has 0 spiro atoms. The van der Waals surface area contributed by atoms with Gasteiger partial charge in [0, 0.05) is 19.5 Å². The number of amides is 2. The molecule has 0 heterocycles. The molecule has 0 aliphatic rings. The quantitative estimate of drug-likeness (QED) is 0.127. The third-order valence-corrected chi connectivity index (χ3v) is 7.66. The van der Waals surface area contributed by atoms with Crippen molar-refractivity contribution in [1.29, 1.82) is 0 Å². The molecule has 0 bridgehead atoms. The van der Waals surface area contributed by atoms with E-state index in [1.54, 1.807) is 17.1 Å². The average Bonchev–Trinajstić information content (AvgIpc) is 3.06. The summed E-state index contributed by atoms with van der Waals surface area (Å²) >= 11 is 0. The molecule has 7 heteroatoms. The van der Waals surface area contributed by atoms with Gasteiger partial charge in [0.05, 0.1) is 24.5 Å². The number of carbonyl (C=O) groups excluding carboxylic acids is 3. The summed E-state index contributed by atoms with van der Waals surface area (Å²) in [6.07, 6.45) is 6.00. The second kappa shape index (κ2) is 19.7. The molecule has 0 saturated heterocycles. The number of carbonyl (C=O) groups is 3. The third kappa shape index (κ3) is 12.6. The number of nitrogens with zero attached hydrogens (tertiary/aromatic N) is 1. The van der Waals surface area contributed by atoms with Crippen LogP contribution in [0.15, 0.2) is 116 Å². The Hall–Kier alpha value is -4.49. The van der Waals surface area contributed by atoms with Gasteiger partial charge in [-0.25, -0.2) is 0 Å². The topological polar surface area (TPSA) is 95.9 Å². The van der Waals surface area contributed by atoms with E-state index in [1.165, 1.54) is 0 Å². The van der Waals surface area contributed by atoms with E-state index < -0.39 is 12.0 Å². The van der Waals surface area contributed by atoms with Crippen molar-refractivity contribution in [2.24, 2.45) is 11.8 Å². The number of hydrogen-bond donors (Lipinski definition) is 2. The lowest BCUT2D eigenvalue weighted by Gasteiger charge is -2.26. The van der Waals surface area contributed by atoms with Crippen LogP contribution in [-0.2, 0) is 38.5 Å². The Kier molecular flexibility index (Phi) is 15.3. The number of nitrogens with one attached hydrogen (secondary N) is 1. The van der Waals surface area contributed by atoms with Crippen LogP contribution >= 0.6 is 0 Å². The molecule has 0 unspecified atom stereocenters. The zero-order valence-corrected chi connectivity index (χ0v) is 26.1. The highest BCUT2D eigenvalue weighted by molar-refractivity contribution is 5.86. The molecule has 2 amide bonds. The average molecular weight is 611 g/mol. The van der Waals surface area contributed by atoms with Gasteiger partial charge in [0.25, 0.3) is 0 Å². The Morgan fingerprint density at radius 3 is 1.93 bits per heavy atom. The van der Waals surface area contributed by atoms with Crippen molar-refractivity contribution >= 4 is 17.8 Å².